The molecular formula is C16H24N2O4S. The Morgan fingerprint density at radius 3 is 2.65 bits per heavy atom. The van der Waals surface area contributed by atoms with Crippen LogP contribution in [0.1, 0.15) is 42.6 Å². The summed E-state index contributed by atoms with van der Waals surface area (Å²) in [5.74, 6) is -0.361. The molecular weight excluding hydrogens is 316 g/mol. The highest BCUT2D eigenvalue weighted by molar-refractivity contribution is 7.89. The van der Waals surface area contributed by atoms with Crippen molar-refractivity contribution in [1.29, 1.82) is 0 Å². The minimum Gasteiger partial charge on any atom is -0.393 e. The number of rotatable bonds is 2. The van der Waals surface area contributed by atoms with Gasteiger partial charge in [0.2, 0.25) is 10.0 Å². The van der Waals surface area contributed by atoms with E-state index in [9.17, 15) is 18.3 Å². The van der Waals surface area contributed by atoms with Crippen LogP contribution in [0.25, 0.3) is 0 Å². The summed E-state index contributed by atoms with van der Waals surface area (Å²) in [5.41, 5.74) is 0.645. The van der Waals surface area contributed by atoms with Gasteiger partial charge >= 0.3 is 0 Å². The van der Waals surface area contributed by atoms with Gasteiger partial charge in [0.25, 0.3) is 5.91 Å². The van der Waals surface area contributed by atoms with Crippen molar-refractivity contribution in [2.24, 2.45) is 10.6 Å². The molecule has 1 aromatic carbocycles. The minimum atomic E-state index is -3.98. The van der Waals surface area contributed by atoms with Gasteiger partial charge in [-0.25, -0.2) is 13.6 Å². The van der Waals surface area contributed by atoms with Crippen molar-refractivity contribution in [2.75, 3.05) is 13.1 Å². The number of aryl methyl sites for hydroxylation is 1. The van der Waals surface area contributed by atoms with Gasteiger partial charge in [-0.05, 0) is 37.3 Å². The smallest absolute Gasteiger partial charge is 0.255 e. The summed E-state index contributed by atoms with van der Waals surface area (Å²) in [6, 6.07) is 4.54. The molecule has 0 aliphatic carbocycles. The van der Waals surface area contributed by atoms with Crippen LogP contribution in [0.2, 0.25) is 0 Å². The van der Waals surface area contributed by atoms with Gasteiger partial charge in [0.1, 0.15) is 0 Å². The van der Waals surface area contributed by atoms with Gasteiger partial charge in [-0.3, -0.25) is 4.79 Å². The second kappa shape index (κ2) is 6.22. The van der Waals surface area contributed by atoms with E-state index in [0.29, 0.717) is 25.9 Å². The van der Waals surface area contributed by atoms with Crippen LogP contribution in [-0.4, -0.2) is 43.5 Å². The zero-order valence-corrected chi connectivity index (χ0v) is 14.6. The van der Waals surface area contributed by atoms with Crippen molar-refractivity contribution in [3.05, 3.63) is 29.3 Å². The molecule has 0 saturated carbocycles. The Labute approximate surface area is 137 Å². The highest BCUT2D eigenvalue weighted by atomic mass is 32.2. The molecule has 1 unspecified atom stereocenters. The molecule has 0 radical (unpaired) electrons. The van der Waals surface area contributed by atoms with E-state index in [-0.39, 0.29) is 21.8 Å². The van der Waals surface area contributed by atoms with E-state index < -0.39 is 16.1 Å². The first-order valence-corrected chi connectivity index (χ1v) is 9.15. The van der Waals surface area contributed by atoms with Crippen LogP contribution in [0.5, 0.6) is 0 Å². The lowest BCUT2D eigenvalue weighted by Crippen LogP contribution is -2.38. The summed E-state index contributed by atoms with van der Waals surface area (Å²) in [6.45, 7) is 6.61. The molecule has 1 saturated heterocycles. The molecule has 6 nitrogen and oxygen atoms in total. The number of nitrogens with two attached hydrogens (primary N) is 1. The molecule has 0 aromatic heterocycles. The van der Waals surface area contributed by atoms with Crippen LogP contribution in [0.15, 0.2) is 23.1 Å². The number of likely N-dealkylation sites (tertiary alicyclic amines) is 1. The first kappa shape index (κ1) is 17.9. The van der Waals surface area contributed by atoms with Gasteiger partial charge in [-0.2, -0.15) is 0 Å². The quantitative estimate of drug-likeness (QED) is 0.846. The van der Waals surface area contributed by atoms with Gasteiger partial charge in [-0.1, -0.05) is 25.5 Å². The average molecular weight is 340 g/mol. The summed E-state index contributed by atoms with van der Waals surface area (Å²) in [4.78, 5) is 14.3. The zero-order chi connectivity index (χ0) is 17.4. The lowest BCUT2D eigenvalue weighted by atomic mass is 9.87. The first-order valence-electron chi connectivity index (χ1n) is 7.60. The molecule has 128 valence electrons. The van der Waals surface area contributed by atoms with E-state index in [0.717, 1.165) is 5.56 Å². The van der Waals surface area contributed by atoms with E-state index in [1.165, 1.54) is 6.07 Å². The third kappa shape index (κ3) is 4.31. The summed E-state index contributed by atoms with van der Waals surface area (Å²) in [6.07, 6.45) is 0.622. The van der Waals surface area contributed by atoms with Crippen molar-refractivity contribution < 1.29 is 18.3 Å². The molecule has 7 heteroatoms. The Bertz CT molecular complexity index is 713. The maximum absolute atomic E-state index is 12.9. The summed E-state index contributed by atoms with van der Waals surface area (Å²) < 4.78 is 23.5. The van der Waals surface area contributed by atoms with Gasteiger partial charge in [0.05, 0.1) is 16.6 Å². The Hall–Kier alpha value is -1.44. The monoisotopic (exact) mass is 340 g/mol. The largest absolute Gasteiger partial charge is 0.393 e. The van der Waals surface area contributed by atoms with E-state index in [4.69, 9.17) is 5.14 Å². The lowest BCUT2D eigenvalue weighted by molar-refractivity contribution is 0.0701. The van der Waals surface area contributed by atoms with E-state index >= 15 is 0 Å². The Balaban J connectivity index is 2.42. The van der Waals surface area contributed by atoms with Gasteiger partial charge in [0, 0.05) is 13.1 Å². The zero-order valence-electron chi connectivity index (χ0n) is 13.7. The number of amides is 1. The SMILES string of the molecule is Cc1ccc(S(N)(=O)=O)c(C(=O)N2CCC(O)CC(C)(C)C2)c1. The standard InChI is InChI=1S/C16H24N2O4S/c1-11-4-5-14(23(17,21)22)13(8-11)15(20)18-7-6-12(19)9-16(2,3)10-18/h4-5,8,12,19H,6-7,9-10H2,1-3H3,(H2,17,21,22). The van der Waals surface area contributed by atoms with E-state index in [2.05, 4.69) is 0 Å². The van der Waals surface area contributed by atoms with Crippen molar-refractivity contribution in [1.82, 2.24) is 4.90 Å². The molecule has 1 aliphatic heterocycles. The lowest BCUT2D eigenvalue weighted by Gasteiger charge is -2.30. The van der Waals surface area contributed by atoms with Crippen molar-refractivity contribution >= 4 is 15.9 Å². The molecule has 1 aromatic rings. The summed E-state index contributed by atoms with van der Waals surface area (Å²) in [5, 5.41) is 15.2. The van der Waals surface area contributed by atoms with Gasteiger partial charge < -0.3 is 10.0 Å². The second-order valence-electron chi connectivity index (χ2n) is 7.08. The number of hydrogen-bond acceptors (Lipinski definition) is 4. The first-order chi connectivity index (χ1) is 10.5. The van der Waals surface area contributed by atoms with Crippen molar-refractivity contribution in [3.8, 4) is 0 Å². The molecule has 3 N–H and O–H groups in total. The highest BCUT2D eigenvalue weighted by Crippen LogP contribution is 2.30. The number of benzene rings is 1. The number of aliphatic hydroxyl groups excluding tert-OH is 1. The maximum Gasteiger partial charge on any atom is 0.255 e. The van der Waals surface area contributed by atoms with Crippen molar-refractivity contribution in [3.63, 3.8) is 0 Å². The van der Waals surface area contributed by atoms with Crippen molar-refractivity contribution in [2.45, 2.75) is 44.6 Å². The highest BCUT2D eigenvalue weighted by Gasteiger charge is 2.33. The Morgan fingerprint density at radius 2 is 2.04 bits per heavy atom. The number of carbonyl (C=O) groups is 1. The average Bonchev–Trinajstić information content (AvgIpc) is 2.53. The number of aliphatic hydroxyl groups is 1. The number of nitrogens with zero attached hydrogens (tertiary/aromatic N) is 1. The number of hydrogen-bond donors (Lipinski definition) is 2. The number of primary sulfonamides is 1. The fourth-order valence-electron chi connectivity index (χ4n) is 3.11. The molecule has 1 fully saturated rings. The maximum atomic E-state index is 12.9. The van der Waals surface area contributed by atoms with E-state index in [1.807, 2.05) is 13.8 Å². The van der Waals surface area contributed by atoms with Gasteiger partial charge in [-0.15, -0.1) is 0 Å². The molecule has 0 bridgehead atoms. The van der Waals surface area contributed by atoms with Crippen LogP contribution in [0.4, 0.5) is 0 Å². The minimum absolute atomic E-state index is 0.0969. The van der Waals surface area contributed by atoms with Crippen LogP contribution in [-0.2, 0) is 10.0 Å². The molecule has 23 heavy (non-hydrogen) atoms. The number of carbonyl (C=O) groups excluding carboxylic acids is 1. The Morgan fingerprint density at radius 1 is 1.39 bits per heavy atom. The molecule has 1 atom stereocenters. The molecule has 1 aliphatic rings. The topological polar surface area (TPSA) is 101 Å². The Kier molecular flexibility index (Phi) is 4.84. The number of sulfonamides is 1. The third-order valence-corrected chi connectivity index (χ3v) is 5.07. The fourth-order valence-corrected chi connectivity index (χ4v) is 3.82. The molecule has 1 amide bonds. The normalized spacial score (nSPS) is 21.8. The summed E-state index contributed by atoms with van der Waals surface area (Å²) in [7, 11) is -3.98. The second-order valence-corrected chi connectivity index (χ2v) is 8.61. The van der Waals surface area contributed by atoms with Crippen LogP contribution in [0.3, 0.4) is 0 Å². The third-order valence-electron chi connectivity index (χ3n) is 4.10. The van der Waals surface area contributed by atoms with Crippen LogP contribution < -0.4 is 5.14 Å². The summed E-state index contributed by atoms with van der Waals surface area (Å²) >= 11 is 0. The molecule has 1 heterocycles. The van der Waals surface area contributed by atoms with Gasteiger partial charge in [0.15, 0.2) is 0 Å². The molecule has 2 rings (SSSR count). The predicted molar refractivity (Wildman–Crippen MR) is 87.5 cm³/mol. The predicted octanol–water partition coefficient (Wildman–Crippen LogP) is 1.27. The van der Waals surface area contributed by atoms with Crippen LogP contribution >= 0.6 is 0 Å². The molecule has 0 spiro atoms. The van der Waals surface area contributed by atoms with Crippen LogP contribution in [0, 0.1) is 12.3 Å². The fraction of sp³-hybridized carbons (Fsp3) is 0.562. The van der Waals surface area contributed by atoms with E-state index in [1.54, 1.807) is 24.0 Å².